The molecule has 4 nitrogen and oxygen atoms in total. The van der Waals surface area contributed by atoms with Crippen LogP contribution in [0.25, 0.3) is 0 Å². The van der Waals surface area contributed by atoms with Crippen LogP contribution in [0.4, 0.5) is 0 Å². The maximum atomic E-state index is 12.6. The number of hydrogen-bond acceptors (Lipinski definition) is 4. The Balaban J connectivity index is 0.00000180. The van der Waals surface area contributed by atoms with Crippen molar-refractivity contribution in [2.24, 2.45) is 11.7 Å². The second-order valence-electron chi connectivity index (χ2n) is 5.07. The Labute approximate surface area is 137 Å². The number of halogens is 2. The summed E-state index contributed by atoms with van der Waals surface area (Å²) < 4.78 is 0. The zero-order chi connectivity index (χ0) is 13.3. The standard InChI is InChI=1S/C13H21N3OS.2ClH/c1-8-5-4-6-16(11(8)7-14)13(17)12-9(2)15-10(3)18-12;;/h8,11H,4-7,14H2,1-3H3;2*1H. The summed E-state index contributed by atoms with van der Waals surface area (Å²) in [4.78, 5) is 19.7. The lowest BCUT2D eigenvalue weighted by Gasteiger charge is -2.39. The van der Waals surface area contributed by atoms with Crippen molar-refractivity contribution in [1.29, 1.82) is 0 Å². The first-order chi connectivity index (χ1) is 8.54. The van der Waals surface area contributed by atoms with Gasteiger partial charge in [-0.1, -0.05) is 6.92 Å². The molecule has 1 aromatic heterocycles. The molecule has 0 saturated carbocycles. The van der Waals surface area contributed by atoms with E-state index in [1.54, 1.807) is 0 Å². The lowest BCUT2D eigenvalue weighted by Crippen LogP contribution is -2.51. The van der Waals surface area contributed by atoms with Crippen molar-refractivity contribution in [2.75, 3.05) is 13.1 Å². The minimum Gasteiger partial charge on any atom is -0.333 e. The van der Waals surface area contributed by atoms with Crippen molar-refractivity contribution in [3.8, 4) is 0 Å². The topological polar surface area (TPSA) is 59.2 Å². The molecule has 2 heterocycles. The number of thiazole rings is 1. The molecule has 0 aliphatic carbocycles. The van der Waals surface area contributed by atoms with E-state index in [1.807, 2.05) is 18.7 Å². The summed E-state index contributed by atoms with van der Waals surface area (Å²) in [5, 5.41) is 0.949. The van der Waals surface area contributed by atoms with Gasteiger partial charge in [0.2, 0.25) is 0 Å². The number of likely N-dealkylation sites (tertiary alicyclic amines) is 1. The molecule has 1 aliphatic rings. The van der Waals surface area contributed by atoms with E-state index in [2.05, 4.69) is 11.9 Å². The maximum absolute atomic E-state index is 12.6. The van der Waals surface area contributed by atoms with E-state index < -0.39 is 0 Å². The molecule has 116 valence electrons. The fourth-order valence-electron chi connectivity index (χ4n) is 2.72. The van der Waals surface area contributed by atoms with Crippen LogP contribution in [-0.2, 0) is 0 Å². The first-order valence-electron chi connectivity index (χ1n) is 6.49. The molecule has 1 saturated heterocycles. The Morgan fingerprint density at radius 1 is 1.45 bits per heavy atom. The van der Waals surface area contributed by atoms with Crippen LogP contribution in [0.15, 0.2) is 0 Å². The summed E-state index contributed by atoms with van der Waals surface area (Å²) in [6.07, 6.45) is 2.23. The molecule has 20 heavy (non-hydrogen) atoms. The van der Waals surface area contributed by atoms with Gasteiger partial charge in [-0.05, 0) is 32.6 Å². The van der Waals surface area contributed by atoms with Gasteiger partial charge in [-0.15, -0.1) is 36.2 Å². The van der Waals surface area contributed by atoms with Gasteiger partial charge in [0.15, 0.2) is 0 Å². The fraction of sp³-hybridized carbons (Fsp3) is 0.692. The van der Waals surface area contributed by atoms with Crippen molar-refractivity contribution in [3.05, 3.63) is 15.6 Å². The summed E-state index contributed by atoms with van der Waals surface area (Å²) in [5.41, 5.74) is 6.68. The minimum atomic E-state index is 0. The third kappa shape index (κ3) is 3.85. The first-order valence-corrected chi connectivity index (χ1v) is 7.31. The number of nitrogens with zero attached hydrogens (tertiary/aromatic N) is 2. The molecule has 0 bridgehead atoms. The number of carbonyl (C=O) groups excluding carboxylic acids is 1. The number of nitrogens with two attached hydrogens (primary N) is 1. The second kappa shape index (κ2) is 8.17. The normalized spacial score (nSPS) is 21.9. The van der Waals surface area contributed by atoms with E-state index in [0.717, 1.165) is 35.0 Å². The molecule has 1 aliphatic heterocycles. The average molecular weight is 340 g/mol. The summed E-state index contributed by atoms with van der Waals surface area (Å²) >= 11 is 1.49. The lowest BCUT2D eigenvalue weighted by molar-refractivity contribution is 0.0536. The van der Waals surface area contributed by atoms with Crippen LogP contribution in [0.1, 0.15) is 40.1 Å². The SMILES string of the molecule is Cc1nc(C)c(C(=O)N2CCCC(C)C2CN)s1.Cl.Cl. The minimum absolute atomic E-state index is 0. The molecule has 2 N–H and O–H groups in total. The molecule has 0 radical (unpaired) electrons. The van der Waals surface area contributed by atoms with Crippen LogP contribution in [0, 0.1) is 19.8 Å². The number of amides is 1. The van der Waals surface area contributed by atoms with Gasteiger partial charge in [0.05, 0.1) is 10.7 Å². The van der Waals surface area contributed by atoms with E-state index in [9.17, 15) is 4.79 Å². The van der Waals surface area contributed by atoms with Gasteiger partial charge in [0.1, 0.15) is 4.88 Å². The van der Waals surface area contributed by atoms with E-state index in [4.69, 9.17) is 5.73 Å². The van der Waals surface area contributed by atoms with E-state index >= 15 is 0 Å². The zero-order valence-corrected chi connectivity index (χ0v) is 14.5. The van der Waals surface area contributed by atoms with Crippen LogP contribution in [0.2, 0.25) is 0 Å². The predicted molar refractivity (Wildman–Crippen MR) is 88.4 cm³/mol. The largest absolute Gasteiger partial charge is 0.333 e. The van der Waals surface area contributed by atoms with Gasteiger partial charge >= 0.3 is 0 Å². The van der Waals surface area contributed by atoms with Gasteiger partial charge in [-0.25, -0.2) is 4.98 Å². The smallest absolute Gasteiger partial charge is 0.266 e. The van der Waals surface area contributed by atoms with Crippen LogP contribution < -0.4 is 5.73 Å². The average Bonchev–Trinajstić information content (AvgIpc) is 2.67. The van der Waals surface area contributed by atoms with Crippen LogP contribution in [0.3, 0.4) is 0 Å². The number of carbonyl (C=O) groups is 1. The number of rotatable bonds is 2. The molecule has 1 fully saturated rings. The van der Waals surface area contributed by atoms with Gasteiger partial charge in [-0.2, -0.15) is 0 Å². The highest BCUT2D eigenvalue weighted by Crippen LogP contribution is 2.27. The Morgan fingerprint density at radius 3 is 2.60 bits per heavy atom. The lowest BCUT2D eigenvalue weighted by atomic mass is 9.90. The number of hydrogen-bond donors (Lipinski definition) is 1. The van der Waals surface area contributed by atoms with Crippen LogP contribution >= 0.6 is 36.2 Å². The number of aromatic nitrogens is 1. The van der Waals surface area contributed by atoms with Crippen molar-refractivity contribution >= 4 is 42.1 Å². The summed E-state index contributed by atoms with van der Waals surface area (Å²) in [5.74, 6) is 0.599. The molecule has 0 aromatic carbocycles. The summed E-state index contributed by atoms with van der Waals surface area (Å²) in [7, 11) is 0. The molecular weight excluding hydrogens is 317 g/mol. The molecule has 1 amide bonds. The van der Waals surface area contributed by atoms with Crippen molar-refractivity contribution in [1.82, 2.24) is 9.88 Å². The maximum Gasteiger partial charge on any atom is 0.266 e. The van der Waals surface area contributed by atoms with Crippen molar-refractivity contribution in [3.63, 3.8) is 0 Å². The molecule has 1 aromatic rings. The number of aryl methyl sites for hydroxylation is 2. The summed E-state index contributed by atoms with van der Waals surface area (Å²) in [6, 6.07) is 0.174. The Bertz CT molecular complexity index is 453. The highest BCUT2D eigenvalue weighted by Gasteiger charge is 2.32. The quantitative estimate of drug-likeness (QED) is 0.901. The van der Waals surface area contributed by atoms with E-state index in [1.165, 1.54) is 11.3 Å². The van der Waals surface area contributed by atoms with Crippen LogP contribution in [0.5, 0.6) is 0 Å². The van der Waals surface area contributed by atoms with Crippen LogP contribution in [-0.4, -0.2) is 34.9 Å². The van der Waals surface area contributed by atoms with E-state index in [-0.39, 0.29) is 36.8 Å². The third-order valence-electron chi connectivity index (χ3n) is 3.72. The van der Waals surface area contributed by atoms with Gasteiger partial charge in [0, 0.05) is 19.1 Å². The highest BCUT2D eigenvalue weighted by molar-refractivity contribution is 7.13. The van der Waals surface area contributed by atoms with Crippen molar-refractivity contribution in [2.45, 2.75) is 39.7 Å². The number of piperidine rings is 1. The van der Waals surface area contributed by atoms with Gasteiger partial charge in [-0.3, -0.25) is 4.79 Å². The zero-order valence-electron chi connectivity index (χ0n) is 12.1. The fourth-order valence-corrected chi connectivity index (χ4v) is 3.60. The third-order valence-corrected chi connectivity index (χ3v) is 4.78. The molecule has 7 heteroatoms. The van der Waals surface area contributed by atoms with Gasteiger partial charge in [0.25, 0.3) is 5.91 Å². The molecule has 0 spiro atoms. The molecule has 2 unspecified atom stereocenters. The Hall–Kier alpha value is -0.360. The molecule has 2 rings (SSSR count). The monoisotopic (exact) mass is 339 g/mol. The van der Waals surface area contributed by atoms with Gasteiger partial charge < -0.3 is 10.6 Å². The molecular formula is C13H23Cl2N3OS. The summed E-state index contributed by atoms with van der Waals surface area (Å²) in [6.45, 7) is 7.39. The molecule has 2 atom stereocenters. The first kappa shape index (κ1) is 19.6. The Kier molecular flexibility index (Phi) is 8.03. The predicted octanol–water partition coefficient (Wildman–Crippen LogP) is 2.80. The Morgan fingerprint density at radius 2 is 2.10 bits per heavy atom. The second-order valence-corrected chi connectivity index (χ2v) is 6.27. The highest BCUT2D eigenvalue weighted by atomic mass is 35.5. The van der Waals surface area contributed by atoms with E-state index in [0.29, 0.717) is 12.5 Å². The van der Waals surface area contributed by atoms with Crippen molar-refractivity contribution < 1.29 is 4.79 Å².